The van der Waals surface area contributed by atoms with Gasteiger partial charge < -0.3 is 18.9 Å². The molecule has 12 heteroatoms. The Balaban J connectivity index is 1.50. The summed E-state index contributed by atoms with van der Waals surface area (Å²) in [7, 11) is 2.84. The van der Waals surface area contributed by atoms with Gasteiger partial charge in [0.05, 0.1) is 48.8 Å². The van der Waals surface area contributed by atoms with Crippen molar-refractivity contribution in [3.8, 4) is 28.6 Å². The monoisotopic (exact) mass is 498 g/mol. The van der Waals surface area contributed by atoms with E-state index in [2.05, 4.69) is 20.3 Å². The Kier molecular flexibility index (Phi) is 6.08. The van der Waals surface area contributed by atoms with Crippen LogP contribution in [0.4, 0.5) is 4.39 Å². The number of amides is 1. The SMILES string of the molecule is COc1cc(C(=O)N2CCCC2c2noc(-c3cccc(F)c3OC)n2)c(-n2nccn2)cc1Cl. The van der Waals surface area contributed by atoms with Crippen molar-refractivity contribution in [2.75, 3.05) is 20.8 Å². The molecule has 1 aliphatic heterocycles. The Morgan fingerprint density at radius 1 is 1.20 bits per heavy atom. The van der Waals surface area contributed by atoms with E-state index in [0.717, 1.165) is 6.42 Å². The number of benzene rings is 2. The van der Waals surface area contributed by atoms with E-state index in [1.807, 2.05) is 0 Å². The predicted octanol–water partition coefficient (Wildman–Crippen LogP) is 4.10. The third-order valence-corrected chi connectivity index (χ3v) is 6.09. The molecule has 0 N–H and O–H groups in total. The van der Waals surface area contributed by atoms with Crippen LogP contribution in [0, 0.1) is 5.82 Å². The van der Waals surface area contributed by atoms with E-state index < -0.39 is 11.9 Å². The van der Waals surface area contributed by atoms with E-state index in [0.29, 0.717) is 46.4 Å². The van der Waals surface area contributed by atoms with Crippen LogP contribution in [0.2, 0.25) is 5.02 Å². The minimum atomic E-state index is -0.543. The maximum atomic E-state index is 14.1. The summed E-state index contributed by atoms with van der Waals surface area (Å²) >= 11 is 6.32. The normalized spacial score (nSPS) is 15.4. The minimum absolute atomic E-state index is 0.00618. The van der Waals surface area contributed by atoms with Crippen LogP contribution in [-0.4, -0.2) is 56.7 Å². The summed E-state index contributed by atoms with van der Waals surface area (Å²) < 4.78 is 30.1. The zero-order valence-corrected chi connectivity index (χ0v) is 19.6. The standard InChI is InChI=1S/C23H20ClFN6O4/c1-33-19-11-14(18(12-15(19)24)31-26-8-9-27-31)23(32)30-10-4-7-17(30)21-28-22(35-29-21)13-5-3-6-16(25)20(13)34-2/h3,5-6,8-9,11-12,17H,4,7,10H2,1-2H3. The fourth-order valence-corrected chi connectivity index (χ4v) is 4.41. The van der Waals surface area contributed by atoms with Crippen LogP contribution in [-0.2, 0) is 0 Å². The molecule has 35 heavy (non-hydrogen) atoms. The number of hydrogen-bond acceptors (Lipinski definition) is 8. The molecule has 0 saturated carbocycles. The third-order valence-electron chi connectivity index (χ3n) is 5.79. The number of aromatic nitrogens is 5. The molecule has 2 aromatic carbocycles. The van der Waals surface area contributed by atoms with Crippen LogP contribution in [0.1, 0.15) is 35.1 Å². The van der Waals surface area contributed by atoms with Gasteiger partial charge in [-0.05, 0) is 37.1 Å². The molecule has 0 spiro atoms. The molecule has 1 amide bonds. The molecule has 1 fully saturated rings. The molecule has 5 rings (SSSR count). The molecule has 0 bridgehead atoms. The second-order valence-electron chi connectivity index (χ2n) is 7.76. The number of carbonyl (C=O) groups excluding carboxylic acids is 1. The number of ether oxygens (including phenoxy) is 2. The first-order valence-corrected chi connectivity index (χ1v) is 11.1. The number of likely N-dealkylation sites (tertiary alicyclic amines) is 1. The average molecular weight is 499 g/mol. The van der Waals surface area contributed by atoms with E-state index in [1.54, 1.807) is 23.1 Å². The fraction of sp³-hybridized carbons (Fsp3) is 0.261. The van der Waals surface area contributed by atoms with Gasteiger partial charge in [0.15, 0.2) is 17.4 Å². The number of nitrogens with zero attached hydrogens (tertiary/aromatic N) is 6. The van der Waals surface area contributed by atoms with Crippen molar-refractivity contribution in [2.24, 2.45) is 0 Å². The Labute approximate surface area is 204 Å². The molecular formula is C23H20ClFN6O4. The Morgan fingerprint density at radius 2 is 2.00 bits per heavy atom. The van der Waals surface area contributed by atoms with Crippen LogP contribution in [0.5, 0.6) is 11.5 Å². The van der Waals surface area contributed by atoms with Crippen LogP contribution in [0.25, 0.3) is 17.1 Å². The van der Waals surface area contributed by atoms with E-state index in [4.69, 9.17) is 25.6 Å². The average Bonchev–Trinajstić information content (AvgIpc) is 3.64. The smallest absolute Gasteiger partial charge is 0.261 e. The molecule has 0 aliphatic carbocycles. The zero-order valence-electron chi connectivity index (χ0n) is 18.8. The van der Waals surface area contributed by atoms with E-state index in [-0.39, 0.29) is 17.5 Å². The van der Waals surface area contributed by atoms with Crippen molar-refractivity contribution >= 4 is 17.5 Å². The van der Waals surface area contributed by atoms with Crippen LogP contribution >= 0.6 is 11.6 Å². The van der Waals surface area contributed by atoms with Gasteiger partial charge in [-0.2, -0.15) is 20.0 Å². The van der Waals surface area contributed by atoms with Gasteiger partial charge in [0.1, 0.15) is 11.4 Å². The quantitative estimate of drug-likeness (QED) is 0.391. The second-order valence-corrected chi connectivity index (χ2v) is 8.16. The highest BCUT2D eigenvalue weighted by molar-refractivity contribution is 6.32. The molecule has 4 aromatic rings. The summed E-state index contributed by atoms with van der Waals surface area (Å²) in [5, 5.41) is 12.7. The molecule has 0 radical (unpaired) electrons. The van der Waals surface area contributed by atoms with Gasteiger partial charge in [0.25, 0.3) is 11.8 Å². The van der Waals surface area contributed by atoms with Gasteiger partial charge in [0, 0.05) is 6.54 Å². The van der Waals surface area contributed by atoms with Crippen molar-refractivity contribution in [3.63, 3.8) is 0 Å². The van der Waals surface area contributed by atoms with Gasteiger partial charge >= 0.3 is 0 Å². The van der Waals surface area contributed by atoms with Gasteiger partial charge in [0.2, 0.25) is 0 Å². The summed E-state index contributed by atoms with van der Waals surface area (Å²) in [5.41, 5.74) is 1.05. The van der Waals surface area contributed by atoms with Crippen molar-refractivity contribution in [2.45, 2.75) is 18.9 Å². The van der Waals surface area contributed by atoms with Gasteiger partial charge in [-0.15, -0.1) is 0 Å². The van der Waals surface area contributed by atoms with Crippen molar-refractivity contribution in [3.05, 3.63) is 65.0 Å². The number of hydrogen-bond donors (Lipinski definition) is 0. The maximum absolute atomic E-state index is 14.1. The predicted molar refractivity (Wildman–Crippen MR) is 122 cm³/mol. The number of methoxy groups -OCH3 is 2. The second kappa shape index (κ2) is 9.34. The molecule has 1 atom stereocenters. The first-order chi connectivity index (χ1) is 17.0. The molecule has 1 saturated heterocycles. The highest BCUT2D eigenvalue weighted by Crippen LogP contribution is 2.37. The Bertz CT molecular complexity index is 1380. The lowest BCUT2D eigenvalue weighted by Gasteiger charge is -2.23. The summed E-state index contributed by atoms with van der Waals surface area (Å²) in [4.78, 5) is 21.2. The number of carbonyl (C=O) groups is 1. The van der Waals surface area contributed by atoms with Crippen LogP contribution < -0.4 is 9.47 Å². The van der Waals surface area contributed by atoms with E-state index in [9.17, 15) is 9.18 Å². The number of para-hydroxylation sites is 1. The third kappa shape index (κ3) is 4.08. The summed E-state index contributed by atoms with van der Waals surface area (Å²) in [5.74, 6) is -0.0567. The Morgan fingerprint density at radius 3 is 2.74 bits per heavy atom. The molecule has 10 nitrogen and oxygen atoms in total. The highest BCUT2D eigenvalue weighted by Gasteiger charge is 2.36. The molecule has 1 aliphatic rings. The highest BCUT2D eigenvalue weighted by atomic mass is 35.5. The van der Waals surface area contributed by atoms with Gasteiger partial charge in [-0.25, -0.2) is 4.39 Å². The van der Waals surface area contributed by atoms with E-state index in [1.165, 1.54) is 43.5 Å². The lowest BCUT2D eigenvalue weighted by atomic mass is 10.1. The summed E-state index contributed by atoms with van der Waals surface area (Å²) in [6.45, 7) is 0.480. The van der Waals surface area contributed by atoms with Crippen molar-refractivity contribution < 1.29 is 23.2 Å². The minimum Gasteiger partial charge on any atom is -0.495 e. The van der Waals surface area contributed by atoms with Gasteiger partial charge in [-0.1, -0.05) is 22.8 Å². The first-order valence-electron chi connectivity index (χ1n) is 10.7. The van der Waals surface area contributed by atoms with Gasteiger partial charge in [-0.3, -0.25) is 4.79 Å². The first kappa shape index (κ1) is 22.8. The lowest BCUT2D eigenvalue weighted by Crippen LogP contribution is -2.32. The van der Waals surface area contributed by atoms with Crippen molar-refractivity contribution in [1.82, 2.24) is 30.0 Å². The zero-order chi connectivity index (χ0) is 24.5. The maximum Gasteiger partial charge on any atom is 0.261 e. The molecular weight excluding hydrogens is 479 g/mol. The van der Waals surface area contributed by atoms with Crippen LogP contribution in [0.15, 0.2) is 47.2 Å². The molecule has 1 unspecified atom stereocenters. The van der Waals surface area contributed by atoms with Crippen LogP contribution in [0.3, 0.4) is 0 Å². The van der Waals surface area contributed by atoms with Crippen molar-refractivity contribution in [1.29, 1.82) is 0 Å². The fourth-order valence-electron chi connectivity index (χ4n) is 4.17. The lowest BCUT2D eigenvalue weighted by molar-refractivity contribution is 0.0727. The molecule has 180 valence electrons. The summed E-state index contributed by atoms with van der Waals surface area (Å²) in [6.07, 6.45) is 4.38. The molecule has 3 heterocycles. The topological polar surface area (TPSA) is 108 Å². The van der Waals surface area contributed by atoms with E-state index >= 15 is 0 Å². The number of rotatable bonds is 6. The largest absolute Gasteiger partial charge is 0.495 e. The Hall–Kier alpha value is -3.99. The molecule has 2 aromatic heterocycles. The number of halogens is 2. The summed E-state index contributed by atoms with van der Waals surface area (Å²) in [6, 6.07) is 7.14.